The number of hydrogen-bond acceptors (Lipinski definition) is 6. The topological polar surface area (TPSA) is 77.1 Å². The Morgan fingerprint density at radius 3 is 2.34 bits per heavy atom. The summed E-state index contributed by atoms with van der Waals surface area (Å²) in [6.45, 7) is 2.88. The number of rotatable bonds is 12. The lowest BCUT2D eigenvalue weighted by Gasteiger charge is -2.19. The van der Waals surface area contributed by atoms with Crippen molar-refractivity contribution < 1.29 is 23.8 Å². The number of amides is 2. The van der Waals surface area contributed by atoms with Gasteiger partial charge >= 0.3 is 0 Å². The molecular weight excluding hydrogens is 464 g/mol. The molecular formula is C27H30N2O5S. The first kappa shape index (κ1) is 26.0. The summed E-state index contributed by atoms with van der Waals surface area (Å²) in [5, 5.41) is 2.87. The van der Waals surface area contributed by atoms with Crippen LogP contribution in [0, 0.1) is 0 Å². The number of hydrogen-bond donors (Lipinski definition) is 1. The molecule has 0 unspecified atom stereocenters. The molecule has 35 heavy (non-hydrogen) atoms. The predicted octanol–water partition coefficient (Wildman–Crippen LogP) is 4.98. The van der Waals surface area contributed by atoms with Crippen molar-refractivity contribution in [3.63, 3.8) is 0 Å². The molecule has 0 aliphatic carbocycles. The molecule has 0 bridgehead atoms. The summed E-state index contributed by atoms with van der Waals surface area (Å²) in [5.74, 6) is 1.19. The van der Waals surface area contributed by atoms with Gasteiger partial charge in [0.05, 0.1) is 18.8 Å². The van der Waals surface area contributed by atoms with Gasteiger partial charge in [-0.2, -0.15) is 0 Å². The smallest absolute Gasteiger partial charge is 0.254 e. The molecule has 0 atom stereocenters. The molecule has 0 aromatic heterocycles. The van der Waals surface area contributed by atoms with E-state index < -0.39 is 0 Å². The van der Waals surface area contributed by atoms with Gasteiger partial charge in [-0.15, -0.1) is 11.8 Å². The number of carbonyl (C=O) groups is 2. The third-order valence-electron chi connectivity index (χ3n) is 4.95. The first-order valence-corrected chi connectivity index (χ1v) is 12.5. The Morgan fingerprint density at radius 1 is 0.886 bits per heavy atom. The van der Waals surface area contributed by atoms with Crippen LogP contribution in [-0.4, -0.2) is 56.4 Å². The van der Waals surface area contributed by atoms with Gasteiger partial charge in [0.25, 0.3) is 5.91 Å². The average Bonchev–Trinajstić information content (AvgIpc) is 2.87. The van der Waals surface area contributed by atoms with E-state index in [1.54, 1.807) is 37.0 Å². The lowest BCUT2D eigenvalue weighted by atomic mass is 10.1. The number of para-hydroxylation sites is 2. The SMILES string of the molecule is CCOc1cc(C(=O)N(C)CC(=O)Nc2ccccc2SC)ccc1OCCOc1ccccc1. The second kappa shape index (κ2) is 13.3. The summed E-state index contributed by atoms with van der Waals surface area (Å²) in [6.07, 6.45) is 1.94. The highest BCUT2D eigenvalue weighted by atomic mass is 32.2. The molecule has 0 radical (unpaired) electrons. The number of likely N-dealkylation sites (N-methyl/N-ethyl adjacent to an activating group) is 1. The van der Waals surface area contributed by atoms with Crippen molar-refractivity contribution in [1.29, 1.82) is 0 Å². The average molecular weight is 495 g/mol. The molecule has 0 aliphatic rings. The number of carbonyl (C=O) groups excluding carboxylic acids is 2. The van der Waals surface area contributed by atoms with E-state index >= 15 is 0 Å². The van der Waals surface area contributed by atoms with Crippen molar-refractivity contribution in [3.8, 4) is 17.2 Å². The minimum atomic E-state index is -0.293. The summed E-state index contributed by atoms with van der Waals surface area (Å²) in [5.41, 5.74) is 1.13. The van der Waals surface area contributed by atoms with Crippen LogP contribution in [0.1, 0.15) is 17.3 Å². The van der Waals surface area contributed by atoms with E-state index in [0.717, 1.165) is 16.3 Å². The van der Waals surface area contributed by atoms with E-state index in [-0.39, 0.29) is 18.4 Å². The number of ether oxygens (including phenoxy) is 3. The maximum atomic E-state index is 13.0. The summed E-state index contributed by atoms with van der Waals surface area (Å²) in [7, 11) is 1.59. The minimum absolute atomic E-state index is 0.0827. The van der Waals surface area contributed by atoms with Gasteiger partial charge in [0.2, 0.25) is 5.91 Å². The second-order valence-electron chi connectivity index (χ2n) is 7.51. The number of benzene rings is 3. The third-order valence-corrected chi connectivity index (χ3v) is 5.75. The van der Waals surface area contributed by atoms with Crippen molar-refractivity contribution in [3.05, 3.63) is 78.4 Å². The Labute approximate surface area is 210 Å². The molecule has 184 valence electrons. The van der Waals surface area contributed by atoms with Gasteiger partial charge in [-0.25, -0.2) is 0 Å². The molecule has 1 N–H and O–H groups in total. The zero-order valence-electron chi connectivity index (χ0n) is 20.2. The molecule has 3 aromatic rings. The summed E-state index contributed by atoms with van der Waals surface area (Å²) < 4.78 is 17.2. The maximum absolute atomic E-state index is 13.0. The van der Waals surface area contributed by atoms with Gasteiger partial charge in [-0.05, 0) is 55.6 Å². The normalized spacial score (nSPS) is 10.4. The molecule has 3 rings (SSSR count). The van der Waals surface area contributed by atoms with Crippen molar-refractivity contribution in [2.45, 2.75) is 11.8 Å². The molecule has 2 amide bonds. The molecule has 0 aliphatic heterocycles. The van der Waals surface area contributed by atoms with Crippen molar-refractivity contribution in [1.82, 2.24) is 4.90 Å². The molecule has 0 heterocycles. The van der Waals surface area contributed by atoms with Crippen molar-refractivity contribution in [2.24, 2.45) is 0 Å². The minimum Gasteiger partial charge on any atom is -0.490 e. The van der Waals surface area contributed by atoms with Crippen LogP contribution in [0.3, 0.4) is 0 Å². The highest BCUT2D eigenvalue weighted by Gasteiger charge is 2.18. The fraction of sp³-hybridized carbons (Fsp3) is 0.259. The van der Waals surface area contributed by atoms with Crippen LogP contribution in [-0.2, 0) is 4.79 Å². The standard InChI is InChI=1S/C27H30N2O5S/c1-4-32-24-18-20(14-15-23(24)34-17-16-33-21-10-6-5-7-11-21)27(31)29(2)19-26(30)28-22-12-8-9-13-25(22)35-3/h5-15,18H,4,16-17,19H2,1-3H3,(H,28,30). The van der Waals surface area contributed by atoms with E-state index in [4.69, 9.17) is 14.2 Å². The molecule has 3 aromatic carbocycles. The van der Waals surface area contributed by atoms with Crippen LogP contribution in [0.2, 0.25) is 0 Å². The van der Waals surface area contributed by atoms with Gasteiger partial charge in [0.15, 0.2) is 11.5 Å². The number of nitrogens with zero attached hydrogens (tertiary/aromatic N) is 1. The van der Waals surface area contributed by atoms with E-state index in [0.29, 0.717) is 36.9 Å². The molecule has 0 saturated carbocycles. The van der Waals surface area contributed by atoms with Crippen LogP contribution in [0.15, 0.2) is 77.7 Å². The Bertz CT molecular complexity index is 1120. The van der Waals surface area contributed by atoms with E-state index in [1.165, 1.54) is 4.90 Å². The maximum Gasteiger partial charge on any atom is 0.254 e. The molecule has 8 heteroatoms. The lowest BCUT2D eigenvalue weighted by molar-refractivity contribution is -0.116. The zero-order valence-corrected chi connectivity index (χ0v) is 21.0. The largest absolute Gasteiger partial charge is 0.490 e. The van der Waals surface area contributed by atoms with Gasteiger partial charge in [0, 0.05) is 17.5 Å². The Hall–Kier alpha value is -3.65. The predicted molar refractivity (Wildman–Crippen MR) is 139 cm³/mol. The zero-order chi connectivity index (χ0) is 25.0. The van der Waals surface area contributed by atoms with Crippen molar-refractivity contribution >= 4 is 29.3 Å². The van der Waals surface area contributed by atoms with Crippen LogP contribution in [0.4, 0.5) is 5.69 Å². The number of anilines is 1. The van der Waals surface area contributed by atoms with Crippen LogP contribution < -0.4 is 19.5 Å². The number of thioether (sulfide) groups is 1. The lowest BCUT2D eigenvalue weighted by Crippen LogP contribution is -2.35. The summed E-state index contributed by atoms with van der Waals surface area (Å²) in [6, 6.07) is 22.0. The molecule has 0 saturated heterocycles. The van der Waals surface area contributed by atoms with Crippen molar-refractivity contribution in [2.75, 3.05) is 45.0 Å². The molecule has 0 spiro atoms. The monoisotopic (exact) mass is 494 g/mol. The first-order chi connectivity index (χ1) is 17.0. The molecule has 7 nitrogen and oxygen atoms in total. The summed E-state index contributed by atoms with van der Waals surface area (Å²) in [4.78, 5) is 27.8. The second-order valence-corrected chi connectivity index (χ2v) is 8.36. The van der Waals surface area contributed by atoms with E-state index in [1.807, 2.05) is 67.8 Å². The van der Waals surface area contributed by atoms with Gasteiger partial charge < -0.3 is 24.4 Å². The van der Waals surface area contributed by atoms with Crippen LogP contribution in [0.25, 0.3) is 0 Å². The Morgan fingerprint density at radius 2 is 1.60 bits per heavy atom. The Kier molecular flexibility index (Phi) is 9.86. The van der Waals surface area contributed by atoms with Gasteiger partial charge in [-0.3, -0.25) is 9.59 Å². The highest BCUT2D eigenvalue weighted by molar-refractivity contribution is 7.98. The van der Waals surface area contributed by atoms with Gasteiger partial charge in [-0.1, -0.05) is 30.3 Å². The Balaban J connectivity index is 1.58. The first-order valence-electron chi connectivity index (χ1n) is 11.3. The fourth-order valence-electron chi connectivity index (χ4n) is 3.30. The van der Waals surface area contributed by atoms with Gasteiger partial charge in [0.1, 0.15) is 19.0 Å². The summed E-state index contributed by atoms with van der Waals surface area (Å²) >= 11 is 1.54. The van der Waals surface area contributed by atoms with E-state index in [2.05, 4.69) is 5.32 Å². The fourth-order valence-corrected chi connectivity index (χ4v) is 3.86. The quantitative estimate of drug-likeness (QED) is 0.283. The van der Waals surface area contributed by atoms with Crippen LogP contribution >= 0.6 is 11.8 Å². The highest BCUT2D eigenvalue weighted by Crippen LogP contribution is 2.29. The van der Waals surface area contributed by atoms with E-state index in [9.17, 15) is 9.59 Å². The number of nitrogens with one attached hydrogen (secondary N) is 1. The van der Waals surface area contributed by atoms with Crippen LogP contribution in [0.5, 0.6) is 17.2 Å². The molecule has 0 fully saturated rings. The third kappa shape index (κ3) is 7.68.